The van der Waals surface area contributed by atoms with Gasteiger partial charge in [0.2, 0.25) is 0 Å². The fraction of sp³-hybridized carbons (Fsp3) is 0.200. The summed E-state index contributed by atoms with van der Waals surface area (Å²) in [5, 5.41) is 9.83. The van der Waals surface area contributed by atoms with Gasteiger partial charge in [-0.15, -0.1) is 10.7 Å². The van der Waals surface area contributed by atoms with Crippen LogP contribution < -0.4 is 15.8 Å². The number of aryl methyl sites for hydroxylation is 2. The molecule has 4 N–H and O–H groups in total. The molecule has 0 saturated heterocycles. The van der Waals surface area contributed by atoms with Crippen LogP contribution in [0.5, 0.6) is 0 Å². The molecule has 1 aliphatic heterocycles. The zero-order chi connectivity index (χ0) is 24.8. The standard InChI is InChI=1S/C25H26N10S/c1-15-18(11-27-13-21(15)33-36(2)3)20-8-16-9-22(29-12-19(16)25(26)30-20)31-23-10-17-4-6-34-7-5-28-24(34)14-35(17)32-23/h5,7-13,33H,2,4,6,14H2,1,3H3,(H2,26,30)(H,29,31,32). The molecule has 5 aromatic heterocycles. The monoisotopic (exact) mass is 498 g/mol. The Morgan fingerprint density at radius 2 is 2.00 bits per heavy atom. The Morgan fingerprint density at radius 1 is 1.11 bits per heavy atom. The molecule has 0 aliphatic carbocycles. The number of hydrogen-bond acceptors (Lipinski definition) is 8. The van der Waals surface area contributed by atoms with E-state index in [-0.39, 0.29) is 10.7 Å². The summed E-state index contributed by atoms with van der Waals surface area (Å²) in [6.07, 6.45) is 12.1. The van der Waals surface area contributed by atoms with Gasteiger partial charge < -0.3 is 20.3 Å². The van der Waals surface area contributed by atoms with E-state index in [9.17, 15) is 0 Å². The molecule has 10 nitrogen and oxygen atoms in total. The van der Waals surface area contributed by atoms with E-state index in [2.05, 4.69) is 46.5 Å². The van der Waals surface area contributed by atoms with Crippen LogP contribution >= 0.6 is 10.7 Å². The number of nitrogens with two attached hydrogens (primary N) is 1. The van der Waals surface area contributed by atoms with Crippen molar-refractivity contribution < 1.29 is 0 Å². The third-order valence-electron chi connectivity index (χ3n) is 6.34. The van der Waals surface area contributed by atoms with E-state index in [0.29, 0.717) is 18.2 Å². The zero-order valence-electron chi connectivity index (χ0n) is 20.1. The molecule has 0 radical (unpaired) electrons. The Hall–Kier alpha value is -4.25. The lowest BCUT2D eigenvalue weighted by Gasteiger charge is -2.14. The first-order valence-electron chi connectivity index (χ1n) is 11.5. The van der Waals surface area contributed by atoms with Crippen molar-refractivity contribution in [1.82, 2.24) is 34.3 Å². The third kappa shape index (κ3) is 4.07. The molecule has 6 rings (SSSR count). The van der Waals surface area contributed by atoms with Gasteiger partial charge in [0.1, 0.15) is 17.5 Å². The van der Waals surface area contributed by atoms with E-state index in [1.54, 1.807) is 6.20 Å². The number of fused-ring (bicyclic) bond motifs is 3. The van der Waals surface area contributed by atoms with Gasteiger partial charge in [0, 0.05) is 60.5 Å². The van der Waals surface area contributed by atoms with Crippen LogP contribution in [0, 0.1) is 6.92 Å². The first-order valence-corrected chi connectivity index (χ1v) is 13.3. The average molecular weight is 499 g/mol. The topological polar surface area (TPSA) is 124 Å². The molecular formula is C25H26N10S. The van der Waals surface area contributed by atoms with Gasteiger partial charge in [-0.25, -0.2) is 15.0 Å². The van der Waals surface area contributed by atoms with E-state index in [0.717, 1.165) is 63.6 Å². The number of rotatable bonds is 5. The Bertz CT molecular complexity index is 1630. The van der Waals surface area contributed by atoms with Crippen LogP contribution in [-0.2, 0) is 19.5 Å². The van der Waals surface area contributed by atoms with Crippen molar-refractivity contribution in [3.8, 4) is 11.3 Å². The molecule has 0 aromatic carbocycles. The third-order valence-corrected chi connectivity index (χ3v) is 6.91. The van der Waals surface area contributed by atoms with E-state index >= 15 is 0 Å². The summed E-state index contributed by atoms with van der Waals surface area (Å²) in [5.74, 6) is 6.91. The number of pyridine rings is 3. The maximum atomic E-state index is 6.34. The summed E-state index contributed by atoms with van der Waals surface area (Å²) in [6, 6.07) is 6.06. The van der Waals surface area contributed by atoms with Gasteiger partial charge in [-0.2, -0.15) is 5.10 Å². The summed E-state index contributed by atoms with van der Waals surface area (Å²) in [7, 11) is -0.212. The summed E-state index contributed by atoms with van der Waals surface area (Å²) < 4.78 is 7.53. The fourth-order valence-corrected chi connectivity index (χ4v) is 5.09. The van der Waals surface area contributed by atoms with E-state index in [4.69, 9.17) is 10.8 Å². The van der Waals surface area contributed by atoms with Crippen LogP contribution in [0.25, 0.3) is 22.0 Å². The van der Waals surface area contributed by atoms with Gasteiger partial charge in [-0.3, -0.25) is 9.67 Å². The van der Waals surface area contributed by atoms with Crippen LogP contribution in [0.3, 0.4) is 0 Å². The molecule has 0 bridgehead atoms. The Labute approximate surface area is 210 Å². The van der Waals surface area contributed by atoms with E-state index < -0.39 is 0 Å². The lowest BCUT2D eigenvalue weighted by molar-refractivity contribution is 0.641. The van der Waals surface area contributed by atoms with Crippen molar-refractivity contribution >= 4 is 50.5 Å². The van der Waals surface area contributed by atoms with Crippen LogP contribution in [0.1, 0.15) is 17.1 Å². The number of nitrogens with zero attached hydrogens (tertiary/aromatic N) is 7. The zero-order valence-corrected chi connectivity index (χ0v) is 20.9. The van der Waals surface area contributed by atoms with Gasteiger partial charge in [0.15, 0.2) is 5.82 Å². The highest BCUT2D eigenvalue weighted by Gasteiger charge is 2.17. The smallest absolute Gasteiger partial charge is 0.153 e. The lowest BCUT2D eigenvalue weighted by atomic mass is 10.0. The van der Waals surface area contributed by atoms with Gasteiger partial charge in [-0.05, 0) is 36.3 Å². The maximum absolute atomic E-state index is 6.34. The molecule has 1 aliphatic rings. The molecule has 0 saturated carbocycles. The fourth-order valence-electron chi connectivity index (χ4n) is 4.50. The SMILES string of the molecule is C=S(C)Nc1cncc(-c2cc3cc(Nc4cc5n(n4)Cc4nccn4CC5)ncc3c(N)n2)c1C. The second kappa shape index (κ2) is 8.76. The predicted octanol–water partition coefficient (Wildman–Crippen LogP) is 3.98. The highest BCUT2D eigenvalue weighted by Crippen LogP contribution is 2.32. The minimum Gasteiger partial charge on any atom is -0.383 e. The van der Waals surface area contributed by atoms with Crippen molar-refractivity contribution in [2.24, 2.45) is 0 Å². The quantitative estimate of drug-likeness (QED) is 0.311. The van der Waals surface area contributed by atoms with Gasteiger partial charge in [-0.1, -0.05) is 5.87 Å². The Kier molecular flexibility index (Phi) is 5.41. The summed E-state index contributed by atoms with van der Waals surface area (Å²) >= 11 is 0. The molecule has 182 valence electrons. The van der Waals surface area contributed by atoms with Crippen LogP contribution in [-0.4, -0.2) is 46.4 Å². The van der Waals surface area contributed by atoms with Crippen molar-refractivity contribution in [3.05, 3.63) is 66.3 Å². The molecule has 6 heterocycles. The average Bonchev–Trinajstić information content (AvgIpc) is 3.41. The molecular weight excluding hydrogens is 472 g/mol. The van der Waals surface area contributed by atoms with Crippen molar-refractivity contribution in [3.63, 3.8) is 0 Å². The summed E-state index contributed by atoms with van der Waals surface area (Å²) in [6.45, 7) is 3.58. The van der Waals surface area contributed by atoms with Gasteiger partial charge in [0.05, 0.1) is 24.1 Å². The highest BCUT2D eigenvalue weighted by molar-refractivity contribution is 8.14. The first-order chi connectivity index (χ1) is 17.4. The molecule has 0 spiro atoms. The number of aromatic nitrogens is 7. The lowest BCUT2D eigenvalue weighted by Crippen LogP contribution is -2.06. The summed E-state index contributed by atoms with van der Waals surface area (Å²) in [5.41, 5.74) is 11.2. The van der Waals surface area contributed by atoms with Crippen LogP contribution in [0.4, 0.5) is 23.1 Å². The van der Waals surface area contributed by atoms with Gasteiger partial charge >= 0.3 is 0 Å². The van der Waals surface area contributed by atoms with Crippen molar-refractivity contribution in [2.45, 2.75) is 26.4 Å². The number of nitrogen functional groups attached to an aromatic ring is 1. The predicted molar refractivity (Wildman–Crippen MR) is 147 cm³/mol. The van der Waals surface area contributed by atoms with Crippen LogP contribution in [0.2, 0.25) is 0 Å². The molecule has 1 unspecified atom stereocenters. The molecule has 1 atom stereocenters. The summed E-state index contributed by atoms with van der Waals surface area (Å²) in [4.78, 5) is 18.1. The van der Waals surface area contributed by atoms with E-state index in [1.165, 1.54) is 0 Å². The molecule has 11 heteroatoms. The number of anilines is 4. The number of nitrogens with one attached hydrogen (secondary N) is 2. The number of hydrogen-bond donors (Lipinski definition) is 3. The second-order valence-electron chi connectivity index (χ2n) is 8.87. The molecule has 36 heavy (non-hydrogen) atoms. The Morgan fingerprint density at radius 3 is 2.86 bits per heavy atom. The van der Waals surface area contributed by atoms with Crippen molar-refractivity contribution in [2.75, 3.05) is 22.0 Å². The minimum atomic E-state index is -0.212. The van der Waals surface area contributed by atoms with Gasteiger partial charge in [0.25, 0.3) is 0 Å². The van der Waals surface area contributed by atoms with Crippen molar-refractivity contribution in [1.29, 1.82) is 0 Å². The normalized spacial score (nSPS) is 13.6. The first kappa shape index (κ1) is 22.2. The maximum Gasteiger partial charge on any atom is 0.153 e. The Balaban J connectivity index is 1.32. The molecule has 0 amide bonds. The number of imidazole rings is 1. The minimum absolute atomic E-state index is 0.212. The second-order valence-corrected chi connectivity index (χ2v) is 10.4. The van der Waals surface area contributed by atoms with Crippen LogP contribution in [0.15, 0.2) is 49.2 Å². The molecule has 0 fully saturated rings. The van der Waals surface area contributed by atoms with E-state index in [1.807, 2.05) is 54.8 Å². The highest BCUT2D eigenvalue weighted by atomic mass is 32.2. The largest absolute Gasteiger partial charge is 0.383 e. The molecule has 5 aromatic rings.